The fraction of sp³-hybridized carbons (Fsp3) is 0.500. The van der Waals surface area contributed by atoms with Gasteiger partial charge in [0, 0.05) is 11.6 Å². The van der Waals surface area contributed by atoms with Gasteiger partial charge in [-0.1, -0.05) is 12.5 Å². The third-order valence-electron chi connectivity index (χ3n) is 2.92. The molecule has 2 rings (SSSR count). The van der Waals surface area contributed by atoms with E-state index in [0.29, 0.717) is 6.42 Å². The van der Waals surface area contributed by atoms with Gasteiger partial charge < -0.3 is 5.32 Å². The van der Waals surface area contributed by atoms with Gasteiger partial charge in [0.25, 0.3) is 0 Å². The molecule has 1 aromatic rings. The number of piperidine rings is 1. The number of halogens is 2. The number of nitrogens with one attached hydrogen (secondary N) is 1. The molecule has 1 heterocycles. The van der Waals surface area contributed by atoms with Crippen molar-refractivity contribution in [3.05, 3.63) is 35.4 Å². The predicted octanol–water partition coefficient (Wildman–Crippen LogP) is 2.65. The molecule has 0 radical (unpaired) electrons. The van der Waals surface area contributed by atoms with Crippen LogP contribution in [-0.2, 0) is 6.42 Å². The fourth-order valence-electron chi connectivity index (χ4n) is 2.07. The van der Waals surface area contributed by atoms with E-state index in [4.69, 9.17) is 0 Å². The van der Waals surface area contributed by atoms with E-state index in [1.54, 1.807) is 0 Å². The van der Waals surface area contributed by atoms with Crippen molar-refractivity contribution in [1.29, 1.82) is 0 Å². The second kappa shape index (κ2) is 4.71. The lowest BCUT2D eigenvalue weighted by Gasteiger charge is -2.23. The van der Waals surface area contributed by atoms with Crippen LogP contribution in [0, 0.1) is 11.6 Å². The summed E-state index contributed by atoms with van der Waals surface area (Å²) in [5.74, 6) is -0.857. The Hall–Kier alpha value is -0.960. The van der Waals surface area contributed by atoms with Crippen LogP contribution in [0.5, 0.6) is 0 Å². The van der Waals surface area contributed by atoms with Gasteiger partial charge in [-0.3, -0.25) is 0 Å². The summed E-state index contributed by atoms with van der Waals surface area (Å²) in [7, 11) is 0. The standard InChI is InChI=1S/C12H15F2N/c13-11-5-3-6-12(14)10(11)8-9-4-1-2-7-15-9/h3,5-6,9,15H,1-2,4,7-8H2. The Bertz CT molecular complexity index is 312. The van der Waals surface area contributed by atoms with Crippen molar-refractivity contribution in [3.63, 3.8) is 0 Å². The Kier molecular flexibility index (Phi) is 3.31. The smallest absolute Gasteiger partial charge is 0.129 e. The SMILES string of the molecule is Fc1cccc(F)c1CC1CCCCN1. The molecule has 15 heavy (non-hydrogen) atoms. The van der Waals surface area contributed by atoms with Crippen LogP contribution in [0.2, 0.25) is 0 Å². The van der Waals surface area contributed by atoms with E-state index in [1.165, 1.54) is 18.2 Å². The third-order valence-corrected chi connectivity index (χ3v) is 2.92. The first-order valence-electron chi connectivity index (χ1n) is 5.43. The molecule has 1 saturated heterocycles. The highest BCUT2D eigenvalue weighted by Gasteiger charge is 2.17. The summed E-state index contributed by atoms with van der Waals surface area (Å²) in [5.41, 5.74) is 0.219. The monoisotopic (exact) mass is 211 g/mol. The summed E-state index contributed by atoms with van der Waals surface area (Å²) < 4.78 is 26.7. The van der Waals surface area contributed by atoms with Crippen LogP contribution in [0.4, 0.5) is 8.78 Å². The molecule has 1 unspecified atom stereocenters. The minimum absolute atomic E-state index is 0.219. The van der Waals surface area contributed by atoms with E-state index < -0.39 is 11.6 Å². The fourth-order valence-corrected chi connectivity index (χ4v) is 2.07. The number of hydrogen-bond donors (Lipinski definition) is 1. The van der Waals surface area contributed by atoms with Crippen LogP contribution in [0.25, 0.3) is 0 Å². The molecule has 0 spiro atoms. The summed E-state index contributed by atoms with van der Waals surface area (Å²) >= 11 is 0. The van der Waals surface area contributed by atoms with Gasteiger partial charge in [-0.2, -0.15) is 0 Å². The maximum Gasteiger partial charge on any atom is 0.129 e. The van der Waals surface area contributed by atoms with Crippen LogP contribution in [0.15, 0.2) is 18.2 Å². The Labute approximate surface area is 88.5 Å². The largest absolute Gasteiger partial charge is 0.314 e. The van der Waals surface area contributed by atoms with Crippen LogP contribution in [0.1, 0.15) is 24.8 Å². The van der Waals surface area contributed by atoms with E-state index in [9.17, 15) is 8.78 Å². The lowest BCUT2D eigenvalue weighted by Crippen LogP contribution is -2.36. The topological polar surface area (TPSA) is 12.0 Å². The van der Waals surface area contributed by atoms with E-state index in [0.717, 1.165) is 25.8 Å². The quantitative estimate of drug-likeness (QED) is 0.793. The van der Waals surface area contributed by atoms with Crippen molar-refractivity contribution in [2.75, 3.05) is 6.54 Å². The highest BCUT2D eigenvalue weighted by Crippen LogP contribution is 2.17. The molecule has 3 heteroatoms. The molecule has 1 N–H and O–H groups in total. The van der Waals surface area contributed by atoms with Crippen molar-refractivity contribution in [2.45, 2.75) is 31.7 Å². The maximum absolute atomic E-state index is 13.3. The van der Waals surface area contributed by atoms with Crippen molar-refractivity contribution < 1.29 is 8.78 Å². The zero-order valence-electron chi connectivity index (χ0n) is 8.60. The molecule has 1 aromatic carbocycles. The number of benzene rings is 1. The number of rotatable bonds is 2. The Balaban J connectivity index is 2.09. The van der Waals surface area contributed by atoms with Crippen LogP contribution < -0.4 is 5.32 Å². The molecule has 1 aliphatic rings. The molecule has 1 nitrogen and oxygen atoms in total. The molecule has 82 valence electrons. The van der Waals surface area contributed by atoms with Crippen molar-refractivity contribution >= 4 is 0 Å². The zero-order valence-corrected chi connectivity index (χ0v) is 8.60. The van der Waals surface area contributed by atoms with Crippen LogP contribution in [-0.4, -0.2) is 12.6 Å². The van der Waals surface area contributed by atoms with E-state index in [1.807, 2.05) is 0 Å². The van der Waals surface area contributed by atoms with Gasteiger partial charge in [0.05, 0.1) is 0 Å². The average molecular weight is 211 g/mol. The Morgan fingerprint density at radius 1 is 1.20 bits per heavy atom. The Morgan fingerprint density at radius 2 is 1.93 bits per heavy atom. The van der Waals surface area contributed by atoms with Crippen molar-refractivity contribution in [2.24, 2.45) is 0 Å². The molecular weight excluding hydrogens is 196 g/mol. The minimum Gasteiger partial charge on any atom is -0.314 e. The molecular formula is C12H15F2N. The van der Waals surface area contributed by atoms with E-state index in [2.05, 4.69) is 5.32 Å². The van der Waals surface area contributed by atoms with Gasteiger partial charge in [0.2, 0.25) is 0 Å². The molecule has 0 aromatic heterocycles. The van der Waals surface area contributed by atoms with Gasteiger partial charge in [0.1, 0.15) is 11.6 Å². The normalized spacial score (nSPS) is 21.6. The minimum atomic E-state index is -0.428. The maximum atomic E-state index is 13.3. The first kappa shape index (κ1) is 10.6. The first-order chi connectivity index (χ1) is 7.27. The van der Waals surface area contributed by atoms with Crippen LogP contribution in [0.3, 0.4) is 0 Å². The van der Waals surface area contributed by atoms with Gasteiger partial charge in [-0.15, -0.1) is 0 Å². The average Bonchev–Trinajstić information content (AvgIpc) is 2.25. The predicted molar refractivity (Wildman–Crippen MR) is 55.7 cm³/mol. The Morgan fingerprint density at radius 3 is 2.53 bits per heavy atom. The second-order valence-electron chi connectivity index (χ2n) is 4.05. The summed E-state index contributed by atoms with van der Waals surface area (Å²) in [6, 6.07) is 4.27. The van der Waals surface area contributed by atoms with Crippen molar-refractivity contribution in [1.82, 2.24) is 5.32 Å². The molecule has 0 bridgehead atoms. The summed E-state index contributed by atoms with van der Waals surface area (Å²) in [4.78, 5) is 0. The summed E-state index contributed by atoms with van der Waals surface area (Å²) in [5, 5.41) is 3.29. The molecule has 1 fully saturated rings. The van der Waals surface area contributed by atoms with E-state index in [-0.39, 0.29) is 11.6 Å². The molecule has 1 atom stereocenters. The van der Waals surface area contributed by atoms with Gasteiger partial charge in [-0.25, -0.2) is 8.78 Å². The third kappa shape index (κ3) is 2.53. The van der Waals surface area contributed by atoms with Crippen molar-refractivity contribution in [3.8, 4) is 0 Å². The molecule has 0 saturated carbocycles. The highest BCUT2D eigenvalue weighted by atomic mass is 19.1. The van der Waals surface area contributed by atoms with Gasteiger partial charge in [0.15, 0.2) is 0 Å². The van der Waals surface area contributed by atoms with Gasteiger partial charge in [-0.05, 0) is 37.9 Å². The molecule has 0 amide bonds. The molecule has 0 aliphatic carbocycles. The summed E-state index contributed by atoms with van der Waals surface area (Å²) in [6.07, 6.45) is 3.77. The van der Waals surface area contributed by atoms with Gasteiger partial charge >= 0.3 is 0 Å². The van der Waals surface area contributed by atoms with E-state index >= 15 is 0 Å². The lowest BCUT2D eigenvalue weighted by molar-refractivity contribution is 0.389. The highest BCUT2D eigenvalue weighted by molar-refractivity contribution is 5.20. The zero-order chi connectivity index (χ0) is 10.7. The second-order valence-corrected chi connectivity index (χ2v) is 4.05. The lowest BCUT2D eigenvalue weighted by atomic mass is 9.97. The van der Waals surface area contributed by atoms with Crippen LogP contribution >= 0.6 is 0 Å². The summed E-state index contributed by atoms with van der Waals surface area (Å²) in [6.45, 7) is 0.959. The molecule has 1 aliphatic heterocycles. The number of hydrogen-bond acceptors (Lipinski definition) is 1. The first-order valence-corrected chi connectivity index (χ1v) is 5.43.